The first kappa shape index (κ1) is 30.7. The maximum absolute atomic E-state index is 15.1. The summed E-state index contributed by atoms with van der Waals surface area (Å²) in [5.74, 6) is -4.03. The molecule has 2 aromatic rings. The molecule has 0 aromatic heterocycles. The van der Waals surface area contributed by atoms with Crippen LogP contribution in [0, 0.1) is 12.7 Å². The monoisotopic (exact) mass is 578 g/mol. The topological polar surface area (TPSA) is 144 Å². The summed E-state index contributed by atoms with van der Waals surface area (Å²) in [7, 11) is -8.81. The number of sulfonamides is 2. The van der Waals surface area contributed by atoms with Gasteiger partial charge in [-0.25, -0.2) is 26.0 Å². The van der Waals surface area contributed by atoms with Crippen LogP contribution in [0.3, 0.4) is 0 Å². The van der Waals surface area contributed by atoms with Gasteiger partial charge in [0.05, 0.1) is 22.8 Å². The number of aromatic carboxylic acids is 1. The van der Waals surface area contributed by atoms with Crippen LogP contribution in [0.15, 0.2) is 18.2 Å². The fourth-order valence-corrected chi connectivity index (χ4v) is 8.29. The van der Waals surface area contributed by atoms with Gasteiger partial charge >= 0.3 is 5.97 Å². The number of hydrogen-bond acceptors (Lipinski definition) is 7. The molecular weight excluding hydrogens is 547 g/mol. The zero-order valence-corrected chi connectivity index (χ0v) is 23.9. The Bertz CT molecular complexity index is 1380. The molecule has 2 aromatic carbocycles. The molecule has 2 rings (SSSR count). The fourth-order valence-electron chi connectivity index (χ4n) is 3.81. The molecule has 9 nitrogen and oxygen atoms in total. The highest BCUT2D eigenvalue weighted by atomic mass is 35.5. The number of nitrogens with zero attached hydrogens (tertiary/aromatic N) is 1. The van der Waals surface area contributed by atoms with Crippen molar-refractivity contribution in [2.45, 2.75) is 59.8 Å². The summed E-state index contributed by atoms with van der Waals surface area (Å²) in [6.45, 7) is 9.99. The Morgan fingerprint density at radius 1 is 1.08 bits per heavy atom. The van der Waals surface area contributed by atoms with Gasteiger partial charge in [0.2, 0.25) is 20.0 Å². The predicted octanol–water partition coefficient (Wildman–Crippen LogP) is 5.44. The Labute approximate surface area is 222 Å². The second-order valence-corrected chi connectivity index (χ2v) is 14.0. The van der Waals surface area contributed by atoms with Crippen LogP contribution in [0.5, 0.6) is 11.5 Å². The number of halogens is 2. The number of carboxylic acid groups (broad SMARTS) is 1. The summed E-state index contributed by atoms with van der Waals surface area (Å²) in [6, 6.07) is 3.20. The number of carboxylic acids is 1. The van der Waals surface area contributed by atoms with E-state index in [4.69, 9.17) is 22.1 Å². The third kappa shape index (κ3) is 6.29. The molecule has 13 heteroatoms. The molecule has 0 spiro atoms. The minimum Gasteiger partial charge on any atom is -0.478 e. The first-order valence-electron chi connectivity index (χ1n) is 11.5. The van der Waals surface area contributed by atoms with E-state index in [1.807, 2.05) is 0 Å². The second-order valence-electron chi connectivity index (χ2n) is 9.54. The lowest BCUT2D eigenvalue weighted by Gasteiger charge is -2.28. The Morgan fingerprint density at radius 3 is 2.03 bits per heavy atom. The minimum atomic E-state index is -4.40. The van der Waals surface area contributed by atoms with Gasteiger partial charge in [-0.05, 0) is 43.4 Å². The van der Waals surface area contributed by atoms with E-state index < -0.39 is 65.2 Å². The molecule has 0 heterocycles. The van der Waals surface area contributed by atoms with E-state index in [0.29, 0.717) is 5.56 Å². The first-order chi connectivity index (χ1) is 16.9. The van der Waals surface area contributed by atoms with Gasteiger partial charge in [0.15, 0.2) is 11.6 Å². The molecule has 3 N–H and O–H groups in total. The maximum atomic E-state index is 15.1. The van der Waals surface area contributed by atoms with Crippen molar-refractivity contribution < 1.29 is 35.9 Å². The van der Waals surface area contributed by atoms with Crippen molar-refractivity contribution in [3.63, 3.8) is 0 Å². The average molecular weight is 579 g/mol. The van der Waals surface area contributed by atoms with Crippen LogP contribution in [0.1, 0.15) is 68.9 Å². The van der Waals surface area contributed by atoms with E-state index in [1.165, 1.54) is 13.0 Å². The molecular formula is C24H32ClFN2O7S2. The molecule has 0 atom stereocenters. The van der Waals surface area contributed by atoms with Gasteiger partial charge in [0, 0.05) is 16.8 Å². The Morgan fingerprint density at radius 2 is 1.59 bits per heavy atom. The maximum Gasteiger partial charge on any atom is 0.338 e. The molecule has 0 radical (unpaired) electrons. The summed E-state index contributed by atoms with van der Waals surface area (Å²) in [6.07, 6.45) is 0.250. The fraction of sp³-hybridized carbons (Fsp3) is 0.458. The molecule has 37 heavy (non-hydrogen) atoms. The van der Waals surface area contributed by atoms with Gasteiger partial charge in [0.25, 0.3) is 0 Å². The molecule has 0 aliphatic carbocycles. The van der Waals surface area contributed by atoms with Crippen LogP contribution in [0.25, 0.3) is 0 Å². The van der Waals surface area contributed by atoms with Crippen molar-refractivity contribution in [1.82, 2.24) is 0 Å². The quantitative estimate of drug-likeness (QED) is 0.354. The van der Waals surface area contributed by atoms with Crippen molar-refractivity contribution >= 4 is 49.0 Å². The Hall–Kier alpha value is -2.57. The smallest absolute Gasteiger partial charge is 0.338 e. The summed E-state index contributed by atoms with van der Waals surface area (Å²) in [5, 5.41) is 9.06. The van der Waals surface area contributed by atoms with Crippen molar-refractivity contribution in [3.05, 3.63) is 45.7 Å². The Kier molecular flexibility index (Phi) is 9.15. The van der Waals surface area contributed by atoms with Gasteiger partial charge in [-0.15, -0.1) is 0 Å². The third-order valence-corrected chi connectivity index (χ3v) is 10.4. The lowest BCUT2D eigenvalue weighted by Crippen LogP contribution is -2.40. The first-order valence-corrected chi connectivity index (χ1v) is 15.1. The highest BCUT2D eigenvalue weighted by Crippen LogP contribution is 2.46. The number of hydrogen-bond donors (Lipinski definition) is 2. The standard InChI is InChI=1S/C24H32ClFN2O7S2/c1-7-11-36(31,32)28(37(33,34)12-8-2)18-10-9-16(26)22(20(18)25)35-21-14(3)19(23(29)30)17(27)13-15(21)24(4,5)6/h9-10,13H,7-8,11-12,27H2,1-6H3,(H,29,30). The average Bonchev–Trinajstić information content (AvgIpc) is 2.72. The highest BCUT2D eigenvalue weighted by molar-refractivity contribution is 8.10. The van der Waals surface area contributed by atoms with E-state index >= 15 is 4.39 Å². The van der Waals surface area contributed by atoms with Crippen LogP contribution in [0.2, 0.25) is 5.02 Å². The van der Waals surface area contributed by atoms with E-state index in [1.54, 1.807) is 34.6 Å². The van der Waals surface area contributed by atoms with E-state index in [2.05, 4.69) is 0 Å². The zero-order valence-electron chi connectivity index (χ0n) is 21.6. The van der Waals surface area contributed by atoms with Crippen LogP contribution in [-0.4, -0.2) is 39.4 Å². The molecule has 0 aliphatic heterocycles. The van der Waals surface area contributed by atoms with Crippen molar-refractivity contribution in [3.8, 4) is 11.5 Å². The van der Waals surface area contributed by atoms with Crippen LogP contribution in [0.4, 0.5) is 15.8 Å². The predicted molar refractivity (Wildman–Crippen MR) is 143 cm³/mol. The van der Waals surface area contributed by atoms with Crippen molar-refractivity contribution in [2.75, 3.05) is 20.9 Å². The van der Waals surface area contributed by atoms with Gasteiger partial charge in [-0.2, -0.15) is 3.71 Å². The highest BCUT2D eigenvalue weighted by Gasteiger charge is 2.36. The summed E-state index contributed by atoms with van der Waals surface area (Å²) in [5.41, 5.74) is 5.08. The van der Waals surface area contributed by atoms with Gasteiger partial charge in [-0.3, -0.25) is 0 Å². The summed E-state index contributed by atoms with van der Waals surface area (Å²) >= 11 is 6.45. The van der Waals surface area contributed by atoms with E-state index in [0.717, 1.165) is 12.1 Å². The van der Waals surface area contributed by atoms with Crippen molar-refractivity contribution in [2.24, 2.45) is 0 Å². The van der Waals surface area contributed by atoms with Crippen LogP contribution < -0.4 is 14.2 Å². The normalized spacial score (nSPS) is 12.4. The van der Waals surface area contributed by atoms with Crippen LogP contribution in [-0.2, 0) is 25.5 Å². The van der Waals surface area contributed by atoms with Gasteiger partial charge < -0.3 is 15.6 Å². The van der Waals surface area contributed by atoms with Gasteiger partial charge in [-0.1, -0.05) is 46.2 Å². The molecule has 0 bridgehead atoms. The molecule has 0 unspecified atom stereocenters. The number of anilines is 2. The molecule has 0 saturated carbocycles. The number of ether oxygens (including phenoxy) is 1. The van der Waals surface area contributed by atoms with E-state index in [9.17, 15) is 26.7 Å². The molecule has 0 fully saturated rings. The number of nitrogen functional groups attached to an aromatic ring is 1. The summed E-state index contributed by atoms with van der Waals surface area (Å²) < 4.78 is 73.3. The largest absolute Gasteiger partial charge is 0.478 e. The lowest BCUT2D eigenvalue weighted by molar-refractivity contribution is 0.0696. The SMILES string of the molecule is CCCS(=O)(=O)N(c1ccc(F)c(Oc2c(C(C)(C)C)cc(N)c(C(=O)O)c2C)c1Cl)S(=O)(=O)CCC. The second kappa shape index (κ2) is 11.0. The number of nitrogens with two attached hydrogens (primary N) is 1. The van der Waals surface area contributed by atoms with Crippen LogP contribution >= 0.6 is 11.6 Å². The van der Waals surface area contributed by atoms with Crippen molar-refractivity contribution in [1.29, 1.82) is 0 Å². The number of carbonyl (C=O) groups is 1. The molecule has 0 amide bonds. The third-order valence-electron chi connectivity index (χ3n) is 5.43. The minimum absolute atomic E-state index is 0.0231. The number of benzene rings is 2. The summed E-state index contributed by atoms with van der Waals surface area (Å²) in [4.78, 5) is 11.9. The molecule has 206 valence electrons. The lowest BCUT2D eigenvalue weighted by atomic mass is 9.83. The molecule has 0 aliphatic rings. The van der Waals surface area contributed by atoms with E-state index in [-0.39, 0.29) is 39.1 Å². The Balaban J connectivity index is 2.90. The molecule has 0 saturated heterocycles. The zero-order chi connectivity index (χ0) is 28.5. The number of rotatable bonds is 10. The van der Waals surface area contributed by atoms with Gasteiger partial charge in [0.1, 0.15) is 10.8 Å².